The number of phenolic OH excluding ortho intramolecular Hbond substituents is 1. The minimum Gasteiger partial charge on any atom is -0.508 e. The van der Waals surface area contributed by atoms with E-state index in [1.807, 2.05) is 0 Å². The van der Waals surface area contributed by atoms with E-state index in [0.29, 0.717) is 0 Å². The molecule has 0 radical (unpaired) electrons. The molecule has 0 spiro atoms. The van der Waals surface area contributed by atoms with Crippen LogP contribution in [0.1, 0.15) is 12.8 Å². The van der Waals surface area contributed by atoms with Crippen LogP contribution in [0, 0.1) is 0 Å². The molecule has 1 atom stereocenters. The fourth-order valence-electron chi connectivity index (χ4n) is 1.32. The zero-order valence-electron chi connectivity index (χ0n) is 7.27. The van der Waals surface area contributed by atoms with Gasteiger partial charge >= 0.3 is 0 Å². The van der Waals surface area contributed by atoms with Crippen molar-refractivity contribution in [3.8, 4) is 11.5 Å². The van der Waals surface area contributed by atoms with Crippen LogP contribution in [-0.2, 0) is 4.74 Å². The number of hydrogen-bond acceptors (Lipinski definition) is 3. The van der Waals surface area contributed by atoms with Gasteiger partial charge in [0.05, 0.1) is 6.61 Å². The van der Waals surface area contributed by atoms with Gasteiger partial charge in [-0.2, -0.15) is 0 Å². The summed E-state index contributed by atoms with van der Waals surface area (Å²) in [7, 11) is 0. The molecule has 0 unspecified atom stereocenters. The molecule has 13 heavy (non-hydrogen) atoms. The Morgan fingerprint density at radius 2 is 2.08 bits per heavy atom. The molecule has 1 aromatic rings. The van der Waals surface area contributed by atoms with Crippen LogP contribution >= 0.6 is 0 Å². The molecule has 1 aliphatic rings. The van der Waals surface area contributed by atoms with Crippen LogP contribution in [-0.4, -0.2) is 18.0 Å². The van der Waals surface area contributed by atoms with E-state index >= 15 is 0 Å². The zero-order valence-corrected chi connectivity index (χ0v) is 7.27. The summed E-state index contributed by atoms with van der Waals surface area (Å²) in [6.45, 7) is 0.781. The van der Waals surface area contributed by atoms with Crippen LogP contribution in [0.25, 0.3) is 0 Å². The molecule has 0 aromatic heterocycles. The summed E-state index contributed by atoms with van der Waals surface area (Å²) in [5, 5.41) is 9.03. The third-order valence-electron chi connectivity index (χ3n) is 1.99. The first-order valence-corrected chi connectivity index (χ1v) is 4.42. The van der Waals surface area contributed by atoms with Crippen LogP contribution < -0.4 is 4.74 Å². The van der Waals surface area contributed by atoms with Crippen LogP contribution in [0.15, 0.2) is 24.3 Å². The Morgan fingerprint density at radius 3 is 2.69 bits per heavy atom. The molecule has 1 heterocycles. The van der Waals surface area contributed by atoms with Gasteiger partial charge in [0.2, 0.25) is 0 Å². The van der Waals surface area contributed by atoms with E-state index in [2.05, 4.69) is 0 Å². The van der Waals surface area contributed by atoms with Crippen LogP contribution in [0.2, 0.25) is 0 Å². The van der Waals surface area contributed by atoms with Crippen molar-refractivity contribution < 1.29 is 14.6 Å². The van der Waals surface area contributed by atoms with Crippen molar-refractivity contribution in [1.29, 1.82) is 0 Å². The van der Waals surface area contributed by atoms with Gasteiger partial charge in [-0.3, -0.25) is 0 Å². The lowest BCUT2D eigenvalue weighted by atomic mass is 10.3. The molecule has 70 valence electrons. The predicted molar refractivity (Wildman–Crippen MR) is 47.7 cm³/mol. The molecular weight excluding hydrogens is 168 g/mol. The van der Waals surface area contributed by atoms with Crippen molar-refractivity contribution in [1.82, 2.24) is 0 Å². The van der Waals surface area contributed by atoms with Crippen LogP contribution in [0.3, 0.4) is 0 Å². The summed E-state index contributed by atoms with van der Waals surface area (Å²) in [4.78, 5) is 0. The van der Waals surface area contributed by atoms with E-state index in [4.69, 9.17) is 14.6 Å². The number of aromatic hydroxyl groups is 1. The van der Waals surface area contributed by atoms with Crippen molar-refractivity contribution in [2.45, 2.75) is 19.1 Å². The van der Waals surface area contributed by atoms with Gasteiger partial charge in [-0.05, 0) is 30.7 Å². The molecule has 3 nitrogen and oxygen atoms in total. The molecule has 1 N–H and O–H groups in total. The third kappa shape index (κ3) is 2.12. The van der Waals surface area contributed by atoms with E-state index in [0.717, 1.165) is 25.2 Å². The van der Waals surface area contributed by atoms with Gasteiger partial charge in [-0.25, -0.2) is 0 Å². The average molecular weight is 180 g/mol. The van der Waals surface area contributed by atoms with Gasteiger partial charge in [0.25, 0.3) is 0 Å². The maximum absolute atomic E-state index is 9.03. The van der Waals surface area contributed by atoms with Crippen molar-refractivity contribution in [2.24, 2.45) is 0 Å². The second-order valence-corrected chi connectivity index (χ2v) is 3.05. The van der Waals surface area contributed by atoms with Gasteiger partial charge in [-0.15, -0.1) is 0 Å². The highest BCUT2D eigenvalue weighted by atomic mass is 16.7. The summed E-state index contributed by atoms with van der Waals surface area (Å²) in [6, 6.07) is 6.67. The number of rotatable bonds is 2. The van der Waals surface area contributed by atoms with Gasteiger partial charge in [-0.1, -0.05) is 0 Å². The lowest BCUT2D eigenvalue weighted by molar-refractivity contribution is -0.0390. The van der Waals surface area contributed by atoms with Gasteiger partial charge in [0.1, 0.15) is 11.5 Å². The van der Waals surface area contributed by atoms with Gasteiger partial charge in [0, 0.05) is 6.42 Å². The normalized spacial score (nSPS) is 21.7. The van der Waals surface area contributed by atoms with Crippen LogP contribution in [0.4, 0.5) is 0 Å². The SMILES string of the molecule is Oc1ccc(O[C@@H]2CCCO2)cc1. The largest absolute Gasteiger partial charge is 0.508 e. The Labute approximate surface area is 76.9 Å². The fraction of sp³-hybridized carbons (Fsp3) is 0.400. The lowest BCUT2D eigenvalue weighted by Crippen LogP contribution is -2.13. The van der Waals surface area contributed by atoms with E-state index in [1.54, 1.807) is 24.3 Å². The van der Waals surface area contributed by atoms with Crippen molar-refractivity contribution in [3.05, 3.63) is 24.3 Å². The van der Waals surface area contributed by atoms with Crippen molar-refractivity contribution in [3.63, 3.8) is 0 Å². The molecule has 2 rings (SSSR count). The molecule has 0 amide bonds. The van der Waals surface area contributed by atoms with E-state index in [9.17, 15) is 0 Å². The number of hydrogen-bond donors (Lipinski definition) is 1. The molecule has 1 saturated heterocycles. The number of benzene rings is 1. The smallest absolute Gasteiger partial charge is 0.199 e. The number of ether oxygens (including phenoxy) is 2. The lowest BCUT2D eigenvalue weighted by Gasteiger charge is -2.12. The maximum atomic E-state index is 9.03. The first kappa shape index (κ1) is 8.38. The third-order valence-corrected chi connectivity index (χ3v) is 1.99. The fourth-order valence-corrected chi connectivity index (χ4v) is 1.32. The summed E-state index contributed by atoms with van der Waals surface area (Å²) in [6.07, 6.45) is 1.90. The molecule has 0 saturated carbocycles. The van der Waals surface area contributed by atoms with Gasteiger partial charge in [0.15, 0.2) is 6.29 Å². The van der Waals surface area contributed by atoms with Crippen molar-refractivity contribution >= 4 is 0 Å². The molecule has 1 aliphatic heterocycles. The minimum absolute atomic E-state index is 0.107. The molecule has 1 aromatic carbocycles. The maximum Gasteiger partial charge on any atom is 0.199 e. The summed E-state index contributed by atoms with van der Waals surface area (Å²) in [5.41, 5.74) is 0. The zero-order chi connectivity index (χ0) is 9.10. The predicted octanol–water partition coefficient (Wildman–Crippen LogP) is 1.91. The van der Waals surface area contributed by atoms with Crippen molar-refractivity contribution in [2.75, 3.05) is 6.61 Å². The monoisotopic (exact) mass is 180 g/mol. The Kier molecular flexibility index (Phi) is 2.36. The Bertz CT molecular complexity index is 262. The summed E-state index contributed by atoms with van der Waals surface area (Å²) in [5.74, 6) is 0.990. The Hall–Kier alpha value is -1.22. The Balaban J connectivity index is 1.97. The molecular formula is C10H12O3. The van der Waals surface area contributed by atoms with E-state index < -0.39 is 0 Å². The van der Waals surface area contributed by atoms with E-state index in [1.165, 1.54) is 0 Å². The molecule has 0 bridgehead atoms. The number of phenols is 1. The standard InChI is InChI=1S/C10H12O3/c11-8-3-5-9(6-4-8)13-10-2-1-7-12-10/h3-6,10-11H,1-2,7H2/t10-/m1/s1. The van der Waals surface area contributed by atoms with Crippen LogP contribution in [0.5, 0.6) is 11.5 Å². The highest BCUT2D eigenvalue weighted by molar-refractivity contribution is 5.30. The minimum atomic E-state index is -0.107. The summed E-state index contributed by atoms with van der Waals surface area (Å²) >= 11 is 0. The van der Waals surface area contributed by atoms with Gasteiger partial charge < -0.3 is 14.6 Å². The first-order valence-electron chi connectivity index (χ1n) is 4.42. The molecule has 0 aliphatic carbocycles. The highest BCUT2D eigenvalue weighted by Gasteiger charge is 2.16. The average Bonchev–Trinajstić information content (AvgIpc) is 2.62. The second kappa shape index (κ2) is 3.66. The molecule has 1 fully saturated rings. The highest BCUT2D eigenvalue weighted by Crippen LogP contribution is 2.21. The summed E-state index contributed by atoms with van der Waals surface area (Å²) < 4.78 is 10.8. The Morgan fingerprint density at radius 1 is 1.31 bits per heavy atom. The molecule has 3 heteroatoms. The topological polar surface area (TPSA) is 38.7 Å². The second-order valence-electron chi connectivity index (χ2n) is 3.05. The first-order chi connectivity index (χ1) is 6.34. The van der Waals surface area contributed by atoms with E-state index in [-0.39, 0.29) is 12.0 Å². The quantitative estimate of drug-likeness (QED) is 0.755.